The van der Waals surface area contributed by atoms with E-state index in [1.54, 1.807) is 24.3 Å². The van der Waals surface area contributed by atoms with Gasteiger partial charge in [0.2, 0.25) is 0 Å². The van der Waals surface area contributed by atoms with Crippen molar-refractivity contribution >= 4 is 65.4 Å². The number of hydrogen-bond acceptors (Lipinski definition) is 6. The Kier molecular flexibility index (Phi) is 11.9. The molecule has 3 aliphatic heterocycles. The second-order valence-electron chi connectivity index (χ2n) is 7.41. The molecule has 2 fully saturated rings. The van der Waals surface area contributed by atoms with Crippen molar-refractivity contribution < 1.29 is 101 Å². The molecule has 7 rings (SSSR count). The Bertz CT molecular complexity index is 1030. The van der Waals surface area contributed by atoms with Crippen LogP contribution in [0.2, 0.25) is 0 Å². The molecular formula is C20H20I3KO6S2. The van der Waals surface area contributed by atoms with E-state index in [9.17, 15) is 16.8 Å². The van der Waals surface area contributed by atoms with E-state index < -0.39 is 32.4 Å². The Morgan fingerprint density at radius 3 is 1.16 bits per heavy atom. The minimum Gasteiger partial charge on any atom is -1.00 e. The van der Waals surface area contributed by atoms with E-state index in [0.29, 0.717) is 12.8 Å². The SMILES string of the molecule is IC1CCC1I.O=S1(=O)OC2CCC2OS(=O)(=O)c2ccc(cc2)-c2ccc1cc2.[I-].[K+]. The van der Waals surface area contributed by atoms with Crippen LogP contribution in [0.1, 0.15) is 25.7 Å². The third kappa shape index (κ3) is 7.10. The first kappa shape index (κ1) is 30.3. The third-order valence-corrected chi connectivity index (χ3v) is 12.4. The first-order valence-corrected chi connectivity index (χ1v) is 14.8. The summed E-state index contributed by atoms with van der Waals surface area (Å²) >= 11 is 5.02. The Labute approximate surface area is 276 Å². The molecule has 2 aliphatic carbocycles. The van der Waals surface area contributed by atoms with Crippen LogP contribution in [0.4, 0.5) is 0 Å². The Morgan fingerprint density at radius 1 is 0.625 bits per heavy atom. The number of benzene rings is 2. The molecule has 0 amide bonds. The number of rotatable bonds is 0. The van der Waals surface area contributed by atoms with Crippen LogP contribution in [-0.4, -0.2) is 36.9 Å². The summed E-state index contributed by atoms with van der Waals surface area (Å²) in [5.41, 5.74) is 1.55. The van der Waals surface area contributed by atoms with Crippen LogP contribution in [0.25, 0.3) is 11.1 Å². The summed E-state index contributed by atoms with van der Waals surface area (Å²) in [7, 11) is -7.92. The van der Waals surface area contributed by atoms with E-state index in [4.69, 9.17) is 8.37 Å². The van der Waals surface area contributed by atoms with Crippen molar-refractivity contribution in [3.05, 3.63) is 48.5 Å². The molecule has 0 N–H and O–H groups in total. The summed E-state index contributed by atoms with van der Waals surface area (Å²) in [6.45, 7) is 0. The van der Waals surface area contributed by atoms with Crippen molar-refractivity contribution in [2.75, 3.05) is 0 Å². The van der Waals surface area contributed by atoms with E-state index in [2.05, 4.69) is 45.2 Å². The fourth-order valence-electron chi connectivity index (χ4n) is 3.14. The number of alkyl halides is 2. The monoisotopic (exact) mass is 840 g/mol. The third-order valence-electron chi connectivity index (χ3n) is 5.38. The number of fused-ring (bicyclic) bond motifs is 2. The summed E-state index contributed by atoms with van der Waals surface area (Å²) in [6, 6.07) is 12.6. The molecule has 12 heteroatoms. The fourth-order valence-corrected chi connectivity index (χ4v) is 6.83. The summed E-state index contributed by atoms with van der Waals surface area (Å²) in [5, 5.41) is 0. The van der Waals surface area contributed by atoms with Crippen molar-refractivity contribution in [3.63, 3.8) is 0 Å². The molecule has 4 atom stereocenters. The quantitative estimate of drug-likeness (QED) is 0.142. The van der Waals surface area contributed by atoms with Crippen LogP contribution >= 0.6 is 45.2 Å². The molecule has 170 valence electrons. The maximum atomic E-state index is 12.3. The summed E-state index contributed by atoms with van der Waals surface area (Å²) in [4.78, 5) is 0.0712. The van der Waals surface area contributed by atoms with Crippen LogP contribution in [0, 0.1) is 0 Å². The van der Waals surface area contributed by atoms with Crippen LogP contribution in [0.5, 0.6) is 0 Å². The molecule has 3 heterocycles. The maximum absolute atomic E-state index is 12.3. The molecule has 2 saturated carbocycles. The van der Waals surface area contributed by atoms with E-state index in [-0.39, 0.29) is 85.2 Å². The molecule has 0 radical (unpaired) electrons. The first-order chi connectivity index (χ1) is 14.2. The minimum atomic E-state index is -3.96. The zero-order chi connectivity index (χ0) is 21.5. The zero-order valence-corrected chi connectivity index (χ0v) is 28.4. The smallest absolute Gasteiger partial charge is 1.00 e. The predicted molar refractivity (Wildman–Crippen MR) is 130 cm³/mol. The topological polar surface area (TPSA) is 86.7 Å². The average molecular weight is 840 g/mol. The molecule has 32 heavy (non-hydrogen) atoms. The molecule has 5 aliphatic rings. The van der Waals surface area contributed by atoms with Crippen molar-refractivity contribution in [3.8, 4) is 11.1 Å². The summed E-state index contributed by atoms with van der Waals surface area (Å²) in [6.07, 6.45) is 2.16. The Morgan fingerprint density at radius 2 is 0.938 bits per heavy atom. The van der Waals surface area contributed by atoms with Gasteiger partial charge in [-0.25, -0.2) is 0 Å². The van der Waals surface area contributed by atoms with Crippen LogP contribution in [0.3, 0.4) is 0 Å². The van der Waals surface area contributed by atoms with Crippen LogP contribution in [0.15, 0.2) is 58.3 Å². The van der Waals surface area contributed by atoms with Gasteiger partial charge in [0.25, 0.3) is 20.2 Å². The number of halogens is 3. The minimum absolute atomic E-state index is 0. The molecule has 2 aromatic rings. The van der Waals surface area contributed by atoms with Gasteiger partial charge in [0.1, 0.15) is 12.2 Å². The maximum Gasteiger partial charge on any atom is 1.00 e. The molecule has 4 bridgehead atoms. The van der Waals surface area contributed by atoms with Gasteiger partial charge in [0, 0.05) is 7.85 Å². The second kappa shape index (κ2) is 12.6. The molecule has 0 saturated heterocycles. The number of hydrogen-bond donors (Lipinski definition) is 0. The van der Waals surface area contributed by atoms with E-state index in [1.807, 2.05) is 0 Å². The fraction of sp³-hybridized carbons (Fsp3) is 0.400. The largest absolute Gasteiger partial charge is 1.00 e. The van der Waals surface area contributed by atoms with Gasteiger partial charge >= 0.3 is 51.4 Å². The van der Waals surface area contributed by atoms with Gasteiger partial charge < -0.3 is 24.0 Å². The second-order valence-corrected chi connectivity index (χ2v) is 13.8. The van der Waals surface area contributed by atoms with Gasteiger partial charge in [-0.2, -0.15) is 16.8 Å². The Hall–Kier alpha value is 2.09. The standard InChI is InChI=1S/C16H14O6S2.C4H6I2.HI.K/c17-23(18)13-5-1-11(2-6-13)12-3-7-14(8-4-12)24(19,20)22-16-10-9-15(16)21-23;5-3-1-2-4(3)6;;/h1-8,15-16H,9-10H2;3-4H,1-2H2;1H;/q;;;+1/p-1. The van der Waals surface area contributed by atoms with Crippen LogP contribution < -0.4 is 75.4 Å². The van der Waals surface area contributed by atoms with Crippen LogP contribution in [-0.2, 0) is 28.6 Å². The van der Waals surface area contributed by atoms with Gasteiger partial charge in [0.15, 0.2) is 0 Å². The van der Waals surface area contributed by atoms with Crippen molar-refractivity contribution in [1.82, 2.24) is 0 Å². The molecule has 0 spiro atoms. The van der Waals surface area contributed by atoms with Crippen molar-refractivity contribution in [1.29, 1.82) is 0 Å². The molecular weight excluding hydrogens is 820 g/mol. The molecule has 6 nitrogen and oxygen atoms in total. The molecule has 2 aromatic carbocycles. The first-order valence-electron chi connectivity index (χ1n) is 9.51. The van der Waals surface area contributed by atoms with Gasteiger partial charge in [-0.15, -0.1) is 0 Å². The van der Waals surface area contributed by atoms with Crippen molar-refractivity contribution in [2.45, 2.75) is 55.5 Å². The van der Waals surface area contributed by atoms with E-state index in [1.165, 1.54) is 37.1 Å². The zero-order valence-electron chi connectivity index (χ0n) is 17.2. The van der Waals surface area contributed by atoms with E-state index >= 15 is 0 Å². The average Bonchev–Trinajstić information content (AvgIpc) is 2.74. The summed E-state index contributed by atoms with van der Waals surface area (Å²) in [5.74, 6) is 0. The van der Waals surface area contributed by atoms with Gasteiger partial charge in [-0.05, 0) is 61.1 Å². The van der Waals surface area contributed by atoms with Gasteiger partial charge in [-0.3, -0.25) is 8.37 Å². The molecule has 0 aromatic heterocycles. The van der Waals surface area contributed by atoms with Gasteiger partial charge in [-0.1, -0.05) is 69.4 Å². The van der Waals surface area contributed by atoms with E-state index in [0.717, 1.165) is 19.0 Å². The van der Waals surface area contributed by atoms with Gasteiger partial charge in [0.05, 0.1) is 9.79 Å². The summed E-state index contributed by atoms with van der Waals surface area (Å²) < 4.78 is 61.6. The Balaban J connectivity index is 0.000000397. The molecule has 4 unspecified atom stereocenters. The van der Waals surface area contributed by atoms with Crippen molar-refractivity contribution in [2.24, 2.45) is 0 Å². The normalized spacial score (nSPS) is 28.7. The predicted octanol–water partition coefficient (Wildman–Crippen LogP) is -1.30.